The molecule has 3 rings (SSSR count). The summed E-state index contributed by atoms with van der Waals surface area (Å²) >= 11 is 12.2. The highest BCUT2D eigenvalue weighted by Crippen LogP contribution is 2.25. The Balaban J connectivity index is 1.61. The predicted molar refractivity (Wildman–Crippen MR) is 99.2 cm³/mol. The van der Waals surface area contributed by atoms with Crippen LogP contribution in [0.15, 0.2) is 48.5 Å². The van der Waals surface area contributed by atoms with Gasteiger partial charge >= 0.3 is 0 Å². The normalized spacial score (nSPS) is 17.1. The molecule has 0 bridgehead atoms. The largest absolute Gasteiger partial charge is 0.377 e. The molecular formula is C20H19Cl2NO. The third-order valence-corrected chi connectivity index (χ3v) is 4.90. The zero-order valence-electron chi connectivity index (χ0n) is 13.3. The van der Waals surface area contributed by atoms with Gasteiger partial charge in [-0.05, 0) is 29.8 Å². The number of rotatable bonds is 2. The number of benzene rings is 2. The minimum absolute atomic E-state index is 0.630. The molecule has 24 heavy (non-hydrogen) atoms. The van der Waals surface area contributed by atoms with E-state index in [-0.39, 0.29) is 0 Å². The van der Waals surface area contributed by atoms with Crippen molar-refractivity contribution >= 4 is 23.2 Å². The van der Waals surface area contributed by atoms with Crippen LogP contribution in [0.3, 0.4) is 0 Å². The number of piperidine rings is 1. The fourth-order valence-corrected chi connectivity index (χ4v) is 3.21. The molecule has 1 N–H and O–H groups in total. The van der Waals surface area contributed by atoms with Gasteiger partial charge in [0.15, 0.2) is 0 Å². The molecule has 0 saturated carbocycles. The van der Waals surface area contributed by atoms with Gasteiger partial charge in [0.05, 0.1) is 0 Å². The van der Waals surface area contributed by atoms with E-state index in [0.29, 0.717) is 17.9 Å². The van der Waals surface area contributed by atoms with Gasteiger partial charge in [-0.15, -0.1) is 0 Å². The summed E-state index contributed by atoms with van der Waals surface area (Å²) in [6.07, 6.45) is 1.26. The van der Waals surface area contributed by atoms with E-state index in [0.717, 1.165) is 35.8 Å². The molecule has 1 fully saturated rings. The number of halogens is 2. The molecule has 0 amide bonds. The molecule has 2 aromatic carbocycles. The lowest BCUT2D eigenvalue weighted by molar-refractivity contribution is 0.0247. The summed E-state index contributed by atoms with van der Waals surface area (Å²) in [6, 6.07) is 15.3. The zero-order chi connectivity index (χ0) is 17.0. The van der Waals surface area contributed by atoms with Crippen LogP contribution in [0.5, 0.6) is 0 Å². The first-order valence-corrected chi connectivity index (χ1v) is 8.77. The zero-order valence-corrected chi connectivity index (χ0v) is 14.8. The van der Waals surface area contributed by atoms with Crippen LogP contribution in [0.2, 0.25) is 10.0 Å². The highest BCUT2D eigenvalue weighted by atomic mass is 35.5. The summed E-state index contributed by atoms with van der Waals surface area (Å²) < 4.78 is 0. The monoisotopic (exact) mass is 359 g/mol. The summed E-state index contributed by atoms with van der Waals surface area (Å²) in [6.45, 7) is 2.40. The molecule has 1 aliphatic heterocycles. The molecule has 0 spiro atoms. The van der Waals surface area contributed by atoms with Crippen LogP contribution < -0.4 is 0 Å². The van der Waals surface area contributed by atoms with E-state index in [2.05, 4.69) is 16.7 Å². The van der Waals surface area contributed by atoms with Crippen molar-refractivity contribution in [1.29, 1.82) is 0 Å². The minimum atomic E-state index is -0.931. The molecule has 0 atom stereocenters. The average molecular weight is 360 g/mol. The molecule has 2 nitrogen and oxygen atoms in total. The Morgan fingerprint density at radius 1 is 1.04 bits per heavy atom. The lowest BCUT2D eigenvalue weighted by atomic mass is 9.91. The van der Waals surface area contributed by atoms with Crippen molar-refractivity contribution < 1.29 is 5.11 Å². The van der Waals surface area contributed by atoms with Crippen LogP contribution in [-0.2, 0) is 6.54 Å². The molecule has 1 aliphatic rings. The summed E-state index contributed by atoms with van der Waals surface area (Å²) in [5.41, 5.74) is 1.02. The Morgan fingerprint density at radius 2 is 1.79 bits per heavy atom. The van der Waals surface area contributed by atoms with Crippen molar-refractivity contribution in [2.45, 2.75) is 25.0 Å². The van der Waals surface area contributed by atoms with Gasteiger partial charge in [0.25, 0.3) is 0 Å². The molecule has 0 unspecified atom stereocenters. The van der Waals surface area contributed by atoms with Gasteiger partial charge in [-0.25, -0.2) is 0 Å². The maximum Gasteiger partial charge on any atom is 0.128 e. The second-order valence-electron chi connectivity index (χ2n) is 6.16. The van der Waals surface area contributed by atoms with Crippen molar-refractivity contribution in [3.63, 3.8) is 0 Å². The molecule has 0 aromatic heterocycles. The number of hydrogen-bond acceptors (Lipinski definition) is 2. The van der Waals surface area contributed by atoms with Gasteiger partial charge in [-0.2, -0.15) is 0 Å². The van der Waals surface area contributed by atoms with Gasteiger partial charge in [-0.1, -0.05) is 59.3 Å². The summed E-state index contributed by atoms with van der Waals surface area (Å²) in [5.74, 6) is 6.08. The topological polar surface area (TPSA) is 23.5 Å². The van der Waals surface area contributed by atoms with Crippen LogP contribution >= 0.6 is 23.2 Å². The van der Waals surface area contributed by atoms with Crippen LogP contribution in [0.25, 0.3) is 0 Å². The highest BCUT2D eigenvalue weighted by molar-refractivity contribution is 6.31. The number of aliphatic hydroxyl groups is 1. The van der Waals surface area contributed by atoms with Crippen LogP contribution in [-0.4, -0.2) is 28.7 Å². The van der Waals surface area contributed by atoms with E-state index in [1.54, 1.807) is 0 Å². The maximum atomic E-state index is 10.7. The van der Waals surface area contributed by atoms with E-state index < -0.39 is 5.60 Å². The first kappa shape index (κ1) is 17.3. The maximum absolute atomic E-state index is 10.7. The average Bonchev–Trinajstić information content (AvgIpc) is 2.58. The van der Waals surface area contributed by atoms with Crippen molar-refractivity contribution in [2.24, 2.45) is 0 Å². The third kappa shape index (κ3) is 4.53. The van der Waals surface area contributed by atoms with E-state index >= 15 is 0 Å². The Kier molecular flexibility index (Phi) is 5.48. The van der Waals surface area contributed by atoms with Gasteiger partial charge in [-0.3, -0.25) is 4.90 Å². The summed E-state index contributed by atoms with van der Waals surface area (Å²) in [7, 11) is 0. The van der Waals surface area contributed by atoms with Crippen molar-refractivity contribution in [3.05, 3.63) is 69.7 Å². The minimum Gasteiger partial charge on any atom is -0.377 e. The second kappa shape index (κ2) is 7.59. The van der Waals surface area contributed by atoms with E-state index in [9.17, 15) is 5.11 Å². The van der Waals surface area contributed by atoms with Crippen LogP contribution in [0.1, 0.15) is 24.0 Å². The van der Waals surface area contributed by atoms with Gasteiger partial charge in [0.1, 0.15) is 5.60 Å². The fourth-order valence-electron chi connectivity index (χ4n) is 2.83. The third-order valence-electron chi connectivity index (χ3n) is 4.30. The predicted octanol–water partition coefficient (Wildman–Crippen LogP) is 4.37. The molecule has 4 heteroatoms. The first-order valence-electron chi connectivity index (χ1n) is 8.01. The van der Waals surface area contributed by atoms with Gasteiger partial charge < -0.3 is 5.11 Å². The van der Waals surface area contributed by atoms with E-state index in [1.807, 2.05) is 48.5 Å². The lowest BCUT2D eigenvalue weighted by Gasteiger charge is -2.35. The molecular weight excluding hydrogens is 341 g/mol. The Bertz CT molecular complexity index is 770. The number of hydrogen-bond donors (Lipinski definition) is 1. The lowest BCUT2D eigenvalue weighted by Crippen LogP contribution is -2.43. The molecule has 124 valence electrons. The Hall–Kier alpha value is -1.50. The smallest absolute Gasteiger partial charge is 0.128 e. The summed E-state index contributed by atoms with van der Waals surface area (Å²) in [5, 5.41) is 12.1. The van der Waals surface area contributed by atoms with E-state index in [4.69, 9.17) is 23.2 Å². The highest BCUT2D eigenvalue weighted by Gasteiger charge is 2.30. The molecule has 2 aromatic rings. The van der Waals surface area contributed by atoms with Crippen LogP contribution in [0, 0.1) is 11.8 Å². The van der Waals surface area contributed by atoms with Crippen LogP contribution in [0.4, 0.5) is 0 Å². The summed E-state index contributed by atoms with van der Waals surface area (Å²) in [4.78, 5) is 2.30. The number of nitrogens with zero attached hydrogens (tertiary/aromatic N) is 1. The molecule has 0 aliphatic carbocycles. The van der Waals surface area contributed by atoms with Crippen molar-refractivity contribution in [2.75, 3.05) is 13.1 Å². The Labute approximate surface area is 153 Å². The van der Waals surface area contributed by atoms with Crippen molar-refractivity contribution in [1.82, 2.24) is 4.90 Å². The fraction of sp³-hybridized carbons (Fsp3) is 0.300. The SMILES string of the molecule is OC1(C#Cc2cccc(Cl)c2)CCN(Cc2ccccc2Cl)CC1. The Morgan fingerprint density at radius 3 is 2.50 bits per heavy atom. The first-order chi connectivity index (χ1) is 11.5. The van der Waals surface area contributed by atoms with Gasteiger partial charge in [0.2, 0.25) is 0 Å². The molecule has 0 radical (unpaired) electrons. The quantitative estimate of drug-likeness (QED) is 0.804. The standard InChI is InChI=1S/C20H19Cl2NO/c21-18-6-3-4-16(14-18)8-9-20(24)10-12-23(13-11-20)15-17-5-1-2-7-19(17)22/h1-7,14,24H,10-13,15H2. The second-order valence-corrected chi connectivity index (χ2v) is 7.00. The number of likely N-dealkylation sites (tertiary alicyclic amines) is 1. The van der Waals surface area contributed by atoms with Crippen molar-refractivity contribution in [3.8, 4) is 11.8 Å². The molecule has 1 heterocycles. The van der Waals surface area contributed by atoms with Gasteiger partial charge in [0, 0.05) is 48.1 Å². The van der Waals surface area contributed by atoms with E-state index in [1.165, 1.54) is 0 Å². The molecule has 1 saturated heterocycles.